The standard InChI is InChI=1S/C16H30O2/c1-3-4-5-6-7-8-9-12-15(2)18-16-13-10-11-14-17-16/h6-7,15-16H,3-5,8-14H2,1-2H3/b7-6-/t15-,16?/m1/s1. The van der Waals surface area contributed by atoms with Crippen molar-refractivity contribution in [3.8, 4) is 0 Å². The van der Waals surface area contributed by atoms with Crippen LogP contribution in [-0.2, 0) is 9.47 Å². The van der Waals surface area contributed by atoms with Crippen molar-refractivity contribution in [2.24, 2.45) is 0 Å². The van der Waals surface area contributed by atoms with Crippen LogP contribution >= 0.6 is 0 Å². The number of allylic oxidation sites excluding steroid dienone is 2. The molecular formula is C16H30O2. The van der Waals surface area contributed by atoms with E-state index in [1.54, 1.807) is 0 Å². The summed E-state index contributed by atoms with van der Waals surface area (Å²) in [6.45, 7) is 5.27. The van der Waals surface area contributed by atoms with Crippen LogP contribution < -0.4 is 0 Å². The van der Waals surface area contributed by atoms with Crippen molar-refractivity contribution in [2.75, 3.05) is 6.61 Å². The number of hydrogen-bond donors (Lipinski definition) is 0. The van der Waals surface area contributed by atoms with Gasteiger partial charge >= 0.3 is 0 Å². The summed E-state index contributed by atoms with van der Waals surface area (Å²) in [5, 5.41) is 0. The van der Waals surface area contributed by atoms with E-state index in [9.17, 15) is 0 Å². The molecule has 2 heteroatoms. The third-order valence-electron chi connectivity index (χ3n) is 3.39. The van der Waals surface area contributed by atoms with Crippen molar-refractivity contribution in [1.82, 2.24) is 0 Å². The van der Waals surface area contributed by atoms with Gasteiger partial charge in [-0.25, -0.2) is 0 Å². The summed E-state index contributed by atoms with van der Waals surface area (Å²) < 4.78 is 11.5. The van der Waals surface area contributed by atoms with Crippen molar-refractivity contribution in [2.45, 2.75) is 84.0 Å². The minimum atomic E-state index is 0.0637. The highest BCUT2D eigenvalue weighted by Crippen LogP contribution is 2.17. The molecule has 0 N–H and O–H groups in total. The van der Waals surface area contributed by atoms with Crippen molar-refractivity contribution in [3.05, 3.63) is 12.2 Å². The second kappa shape index (κ2) is 10.6. The predicted octanol–water partition coefficient (Wildman–Crippen LogP) is 4.83. The predicted molar refractivity (Wildman–Crippen MR) is 76.7 cm³/mol. The topological polar surface area (TPSA) is 18.5 Å². The highest BCUT2D eigenvalue weighted by atomic mass is 16.7. The Balaban J connectivity index is 1.95. The zero-order valence-electron chi connectivity index (χ0n) is 12.2. The Labute approximate surface area is 113 Å². The monoisotopic (exact) mass is 254 g/mol. The Morgan fingerprint density at radius 1 is 1.22 bits per heavy atom. The van der Waals surface area contributed by atoms with Crippen LogP contribution in [0, 0.1) is 0 Å². The third kappa shape index (κ3) is 7.88. The van der Waals surface area contributed by atoms with E-state index >= 15 is 0 Å². The molecule has 0 radical (unpaired) electrons. The zero-order valence-corrected chi connectivity index (χ0v) is 12.2. The van der Waals surface area contributed by atoms with Crippen LogP contribution in [0.4, 0.5) is 0 Å². The van der Waals surface area contributed by atoms with E-state index in [2.05, 4.69) is 26.0 Å². The molecule has 0 aromatic carbocycles. The molecule has 0 spiro atoms. The van der Waals surface area contributed by atoms with Crippen molar-refractivity contribution in [3.63, 3.8) is 0 Å². The van der Waals surface area contributed by atoms with Crippen molar-refractivity contribution in [1.29, 1.82) is 0 Å². The molecule has 2 nitrogen and oxygen atoms in total. The maximum Gasteiger partial charge on any atom is 0.157 e. The molecule has 0 amide bonds. The van der Waals surface area contributed by atoms with Crippen LogP contribution in [0.15, 0.2) is 12.2 Å². The molecule has 0 saturated carbocycles. The van der Waals surface area contributed by atoms with Gasteiger partial charge in [-0.3, -0.25) is 0 Å². The molecule has 2 atom stereocenters. The van der Waals surface area contributed by atoms with Gasteiger partial charge in [0, 0.05) is 6.61 Å². The third-order valence-corrected chi connectivity index (χ3v) is 3.39. The second-order valence-electron chi connectivity index (χ2n) is 5.29. The van der Waals surface area contributed by atoms with E-state index in [0.29, 0.717) is 6.10 Å². The van der Waals surface area contributed by atoms with Gasteiger partial charge in [-0.1, -0.05) is 31.9 Å². The Morgan fingerprint density at radius 2 is 2.00 bits per heavy atom. The summed E-state index contributed by atoms with van der Waals surface area (Å²) in [6, 6.07) is 0. The molecule has 1 aliphatic heterocycles. The molecule has 106 valence electrons. The first-order valence-electron chi connectivity index (χ1n) is 7.75. The number of unbranched alkanes of at least 4 members (excludes halogenated alkanes) is 3. The average molecular weight is 254 g/mol. The van der Waals surface area contributed by atoms with Gasteiger partial charge in [0.15, 0.2) is 6.29 Å². The van der Waals surface area contributed by atoms with Gasteiger partial charge in [0.05, 0.1) is 6.10 Å². The molecule has 1 fully saturated rings. The van der Waals surface area contributed by atoms with E-state index in [1.165, 1.54) is 44.9 Å². The molecule has 0 bridgehead atoms. The molecule has 1 saturated heterocycles. The maximum atomic E-state index is 5.89. The minimum absolute atomic E-state index is 0.0637. The van der Waals surface area contributed by atoms with E-state index in [-0.39, 0.29) is 6.29 Å². The van der Waals surface area contributed by atoms with Gasteiger partial charge in [-0.05, 0) is 51.9 Å². The zero-order chi connectivity index (χ0) is 13.1. The van der Waals surface area contributed by atoms with Crippen LogP contribution in [0.2, 0.25) is 0 Å². The molecule has 1 heterocycles. The Kier molecular flexibility index (Phi) is 9.23. The van der Waals surface area contributed by atoms with Gasteiger partial charge in [-0.2, -0.15) is 0 Å². The fourth-order valence-electron chi connectivity index (χ4n) is 2.23. The molecule has 1 unspecified atom stereocenters. The molecule has 0 aromatic rings. The lowest BCUT2D eigenvalue weighted by Crippen LogP contribution is -2.26. The number of rotatable bonds is 9. The lowest BCUT2D eigenvalue weighted by Gasteiger charge is -2.26. The highest BCUT2D eigenvalue weighted by molar-refractivity contribution is 4.81. The fourth-order valence-corrected chi connectivity index (χ4v) is 2.23. The first kappa shape index (κ1) is 15.7. The van der Waals surface area contributed by atoms with Crippen LogP contribution in [0.25, 0.3) is 0 Å². The van der Waals surface area contributed by atoms with Crippen LogP contribution in [-0.4, -0.2) is 19.0 Å². The molecule has 0 aliphatic carbocycles. The van der Waals surface area contributed by atoms with Crippen LogP contribution in [0.1, 0.15) is 71.6 Å². The number of hydrogen-bond acceptors (Lipinski definition) is 2. The highest BCUT2D eigenvalue weighted by Gasteiger charge is 2.16. The van der Waals surface area contributed by atoms with E-state index < -0.39 is 0 Å². The lowest BCUT2D eigenvalue weighted by atomic mass is 10.1. The SMILES string of the molecule is CCCC/C=C\CCC[C@@H](C)OC1CCCCO1. The number of ether oxygens (including phenoxy) is 2. The quantitative estimate of drug-likeness (QED) is 0.433. The molecule has 0 aromatic heterocycles. The van der Waals surface area contributed by atoms with Gasteiger partial charge in [0.2, 0.25) is 0 Å². The summed E-state index contributed by atoms with van der Waals surface area (Å²) in [4.78, 5) is 0. The summed E-state index contributed by atoms with van der Waals surface area (Å²) in [7, 11) is 0. The van der Waals surface area contributed by atoms with Crippen molar-refractivity contribution >= 4 is 0 Å². The molecule has 1 aliphatic rings. The second-order valence-corrected chi connectivity index (χ2v) is 5.29. The molecule has 1 rings (SSSR count). The summed E-state index contributed by atoms with van der Waals surface area (Å²) in [6.07, 6.45) is 15.9. The van der Waals surface area contributed by atoms with E-state index in [4.69, 9.17) is 9.47 Å². The summed E-state index contributed by atoms with van der Waals surface area (Å²) >= 11 is 0. The first-order valence-corrected chi connectivity index (χ1v) is 7.75. The van der Waals surface area contributed by atoms with Gasteiger partial charge in [0.25, 0.3) is 0 Å². The van der Waals surface area contributed by atoms with E-state index in [0.717, 1.165) is 19.4 Å². The summed E-state index contributed by atoms with van der Waals surface area (Å²) in [5.74, 6) is 0. The normalized spacial score (nSPS) is 22.4. The smallest absolute Gasteiger partial charge is 0.157 e. The lowest BCUT2D eigenvalue weighted by molar-refractivity contribution is -0.185. The summed E-state index contributed by atoms with van der Waals surface area (Å²) in [5.41, 5.74) is 0. The first-order chi connectivity index (χ1) is 8.83. The van der Waals surface area contributed by atoms with Crippen LogP contribution in [0.3, 0.4) is 0 Å². The van der Waals surface area contributed by atoms with Crippen molar-refractivity contribution < 1.29 is 9.47 Å². The fraction of sp³-hybridized carbons (Fsp3) is 0.875. The Hall–Kier alpha value is -0.340. The van der Waals surface area contributed by atoms with Gasteiger partial charge < -0.3 is 9.47 Å². The molecular weight excluding hydrogens is 224 g/mol. The maximum absolute atomic E-state index is 5.89. The van der Waals surface area contributed by atoms with Gasteiger partial charge in [0.1, 0.15) is 0 Å². The Bertz CT molecular complexity index is 207. The molecule has 18 heavy (non-hydrogen) atoms. The van der Waals surface area contributed by atoms with E-state index in [1.807, 2.05) is 0 Å². The van der Waals surface area contributed by atoms with Crippen LogP contribution in [0.5, 0.6) is 0 Å². The minimum Gasteiger partial charge on any atom is -0.353 e. The average Bonchev–Trinajstić information content (AvgIpc) is 2.39. The van der Waals surface area contributed by atoms with Gasteiger partial charge in [-0.15, -0.1) is 0 Å². The largest absolute Gasteiger partial charge is 0.353 e. The Morgan fingerprint density at radius 3 is 2.67 bits per heavy atom.